The summed E-state index contributed by atoms with van der Waals surface area (Å²) < 4.78 is 15.8. The molecule has 2 aromatic heterocycles. The van der Waals surface area contributed by atoms with Crippen molar-refractivity contribution in [1.29, 1.82) is 0 Å². The third-order valence-electron chi connectivity index (χ3n) is 5.66. The number of halogens is 1. The van der Waals surface area contributed by atoms with Gasteiger partial charge in [0.05, 0.1) is 5.69 Å². The average Bonchev–Trinajstić information content (AvgIpc) is 3.15. The van der Waals surface area contributed by atoms with Gasteiger partial charge < -0.3 is 9.30 Å². The van der Waals surface area contributed by atoms with Crippen molar-refractivity contribution < 1.29 is 9.18 Å². The average molecular weight is 379 g/mol. The van der Waals surface area contributed by atoms with Crippen molar-refractivity contribution >= 4 is 11.6 Å². The van der Waals surface area contributed by atoms with Crippen LogP contribution in [0.3, 0.4) is 0 Å². The van der Waals surface area contributed by atoms with Crippen molar-refractivity contribution in [3.8, 4) is 0 Å². The molecular weight excluding hydrogens is 353 g/mol. The Hall–Kier alpha value is -2.69. The number of amides is 1. The Morgan fingerprint density at radius 3 is 2.86 bits per heavy atom. The SMILES string of the molecule is O=C(CCc1cn2ccccc2n1)N1CCC[C@H](CCc2ccccc2F)C1. The Balaban J connectivity index is 1.28. The summed E-state index contributed by atoms with van der Waals surface area (Å²) >= 11 is 0. The van der Waals surface area contributed by atoms with Gasteiger partial charge in [-0.15, -0.1) is 0 Å². The van der Waals surface area contributed by atoms with E-state index in [4.69, 9.17) is 0 Å². The van der Waals surface area contributed by atoms with Crippen LogP contribution in [0.1, 0.15) is 36.9 Å². The quantitative estimate of drug-likeness (QED) is 0.641. The number of piperidine rings is 1. The molecule has 0 spiro atoms. The van der Waals surface area contributed by atoms with Crippen LogP contribution < -0.4 is 0 Å². The second-order valence-corrected chi connectivity index (χ2v) is 7.68. The van der Waals surface area contributed by atoms with Crippen molar-refractivity contribution in [3.05, 3.63) is 71.9 Å². The molecule has 4 nitrogen and oxygen atoms in total. The number of imidazole rings is 1. The van der Waals surface area contributed by atoms with Gasteiger partial charge in [-0.1, -0.05) is 24.3 Å². The second kappa shape index (κ2) is 8.55. The molecule has 0 radical (unpaired) electrons. The van der Waals surface area contributed by atoms with Crippen molar-refractivity contribution in [2.24, 2.45) is 5.92 Å². The van der Waals surface area contributed by atoms with E-state index in [1.165, 1.54) is 6.07 Å². The van der Waals surface area contributed by atoms with Crippen LogP contribution in [0, 0.1) is 11.7 Å². The molecule has 1 amide bonds. The highest BCUT2D eigenvalue weighted by molar-refractivity contribution is 5.76. The lowest BCUT2D eigenvalue weighted by Crippen LogP contribution is -2.40. The zero-order valence-corrected chi connectivity index (χ0v) is 16.1. The van der Waals surface area contributed by atoms with Crippen LogP contribution >= 0.6 is 0 Å². The summed E-state index contributed by atoms with van der Waals surface area (Å²) in [7, 11) is 0. The standard InChI is InChI=1S/C23H26FN3O/c24-21-8-2-1-7-19(21)11-10-18-6-5-15-27(16-18)23(28)13-12-20-17-26-14-4-3-9-22(26)25-20/h1-4,7-9,14,17-18H,5-6,10-13,15-16H2/t18-/m1/s1. The fraction of sp³-hybridized carbons (Fsp3) is 0.391. The molecule has 0 unspecified atom stereocenters. The number of pyridine rings is 1. The van der Waals surface area contributed by atoms with E-state index < -0.39 is 0 Å². The van der Waals surface area contributed by atoms with Crippen molar-refractivity contribution in [1.82, 2.24) is 14.3 Å². The Labute approximate surface area is 165 Å². The Bertz CT molecular complexity index is 919. The van der Waals surface area contributed by atoms with Gasteiger partial charge in [0.1, 0.15) is 11.5 Å². The number of nitrogens with zero attached hydrogens (tertiary/aromatic N) is 3. The highest BCUT2D eigenvalue weighted by atomic mass is 19.1. The predicted octanol–water partition coefficient (Wildman–Crippen LogP) is 4.28. The molecule has 0 aliphatic carbocycles. The molecule has 1 fully saturated rings. The third-order valence-corrected chi connectivity index (χ3v) is 5.66. The number of hydrogen-bond acceptors (Lipinski definition) is 2. The molecule has 0 bridgehead atoms. The predicted molar refractivity (Wildman–Crippen MR) is 108 cm³/mol. The first kappa shape index (κ1) is 18.7. The maximum atomic E-state index is 13.8. The topological polar surface area (TPSA) is 37.6 Å². The van der Waals surface area contributed by atoms with Gasteiger partial charge in [0.2, 0.25) is 5.91 Å². The largest absolute Gasteiger partial charge is 0.342 e. The number of hydrogen-bond donors (Lipinski definition) is 0. The lowest BCUT2D eigenvalue weighted by Gasteiger charge is -2.33. The summed E-state index contributed by atoms with van der Waals surface area (Å²) in [5, 5.41) is 0. The number of rotatable bonds is 6. The van der Waals surface area contributed by atoms with Gasteiger partial charge in [-0.25, -0.2) is 9.37 Å². The zero-order chi connectivity index (χ0) is 19.3. The van der Waals surface area contributed by atoms with Crippen molar-refractivity contribution in [2.45, 2.75) is 38.5 Å². The summed E-state index contributed by atoms with van der Waals surface area (Å²) in [4.78, 5) is 19.3. The lowest BCUT2D eigenvalue weighted by atomic mass is 9.91. The molecule has 1 aromatic carbocycles. The first-order valence-corrected chi connectivity index (χ1v) is 10.1. The lowest BCUT2D eigenvalue weighted by molar-refractivity contribution is -0.133. The minimum atomic E-state index is -0.126. The zero-order valence-electron chi connectivity index (χ0n) is 16.1. The van der Waals surface area contributed by atoms with Gasteiger partial charge in [0, 0.05) is 31.9 Å². The highest BCUT2D eigenvalue weighted by Crippen LogP contribution is 2.23. The van der Waals surface area contributed by atoms with Gasteiger partial charge in [-0.3, -0.25) is 4.79 Å². The van der Waals surface area contributed by atoms with Crippen LogP contribution in [0.15, 0.2) is 54.9 Å². The molecule has 4 rings (SSSR count). The van der Waals surface area contributed by atoms with Crippen molar-refractivity contribution in [3.63, 3.8) is 0 Å². The summed E-state index contributed by atoms with van der Waals surface area (Å²) in [6.45, 7) is 1.62. The fourth-order valence-corrected chi connectivity index (χ4v) is 4.09. The molecule has 146 valence electrons. The van der Waals surface area contributed by atoms with Crippen LogP contribution in [0.2, 0.25) is 0 Å². The number of fused-ring (bicyclic) bond motifs is 1. The minimum Gasteiger partial charge on any atom is -0.342 e. The Morgan fingerprint density at radius 2 is 2.00 bits per heavy atom. The van der Waals surface area contributed by atoms with Crippen LogP contribution in [0.25, 0.3) is 5.65 Å². The number of likely N-dealkylation sites (tertiary alicyclic amines) is 1. The van der Waals surface area contributed by atoms with E-state index in [0.717, 1.165) is 55.7 Å². The van der Waals surface area contributed by atoms with Crippen LogP contribution in [-0.2, 0) is 17.6 Å². The Morgan fingerprint density at radius 1 is 1.14 bits per heavy atom. The molecule has 0 saturated carbocycles. The van der Waals surface area contributed by atoms with Crippen LogP contribution in [-0.4, -0.2) is 33.3 Å². The highest BCUT2D eigenvalue weighted by Gasteiger charge is 2.23. The molecule has 1 aliphatic rings. The van der Waals surface area contributed by atoms with E-state index >= 15 is 0 Å². The fourth-order valence-electron chi connectivity index (χ4n) is 4.09. The van der Waals surface area contributed by atoms with Crippen LogP contribution in [0.5, 0.6) is 0 Å². The van der Waals surface area contributed by atoms with E-state index in [1.54, 1.807) is 6.07 Å². The van der Waals surface area contributed by atoms with Gasteiger partial charge in [0.15, 0.2) is 0 Å². The van der Waals surface area contributed by atoms with E-state index in [2.05, 4.69) is 4.98 Å². The molecule has 3 heterocycles. The first-order chi connectivity index (χ1) is 13.7. The number of aromatic nitrogens is 2. The normalized spacial score (nSPS) is 17.2. The van der Waals surface area contributed by atoms with Gasteiger partial charge in [-0.2, -0.15) is 0 Å². The molecule has 0 N–H and O–H groups in total. The van der Waals surface area contributed by atoms with E-state index in [-0.39, 0.29) is 11.7 Å². The summed E-state index contributed by atoms with van der Waals surface area (Å²) in [5.74, 6) is 0.527. The van der Waals surface area contributed by atoms with E-state index in [9.17, 15) is 9.18 Å². The minimum absolute atomic E-state index is 0.126. The summed E-state index contributed by atoms with van der Waals surface area (Å²) in [5.41, 5.74) is 2.64. The maximum absolute atomic E-state index is 13.8. The van der Waals surface area contributed by atoms with Crippen molar-refractivity contribution in [2.75, 3.05) is 13.1 Å². The first-order valence-electron chi connectivity index (χ1n) is 10.1. The van der Waals surface area contributed by atoms with Gasteiger partial charge >= 0.3 is 0 Å². The molecular formula is C23H26FN3O. The van der Waals surface area contributed by atoms with Crippen LogP contribution in [0.4, 0.5) is 4.39 Å². The summed E-state index contributed by atoms with van der Waals surface area (Å²) in [6, 6.07) is 12.9. The molecule has 5 heteroatoms. The smallest absolute Gasteiger partial charge is 0.222 e. The van der Waals surface area contributed by atoms with Gasteiger partial charge in [0.25, 0.3) is 0 Å². The number of carbonyl (C=O) groups excluding carboxylic acids is 1. The number of carbonyl (C=O) groups is 1. The molecule has 1 saturated heterocycles. The summed E-state index contributed by atoms with van der Waals surface area (Å²) in [6.07, 6.45) is 8.93. The Kier molecular flexibility index (Phi) is 5.70. The van der Waals surface area contributed by atoms with E-state index in [0.29, 0.717) is 18.8 Å². The van der Waals surface area contributed by atoms with Gasteiger partial charge in [-0.05, 0) is 61.8 Å². The third kappa shape index (κ3) is 4.41. The number of aryl methyl sites for hydroxylation is 2. The molecule has 3 aromatic rings. The second-order valence-electron chi connectivity index (χ2n) is 7.68. The monoisotopic (exact) mass is 379 g/mol. The molecule has 28 heavy (non-hydrogen) atoms. The maximum Gasteiger partial charge on any atom is 0.222 e. The van der Waals surface area contributed by atoms with E-state index in [1.807, 2.05) is 52.0 Å². The molecule has 1 aliphatic heterocycles. The number of benzene rings is 1. The molecule has 1 atom stereocenters.